The number of aldehydes is 1. The summed E-state index contributed by atoms with van der Waals surface area (Å²) in [5.74, 6) is -0.496. The first-order valence-corrected chi connectivity index (χ1v) is 8.41. The smallest absolute Gasteiger partial charge is 0.260 e. The molecule has 0 unspecified atom stereocenters. The van der Waals surface area contributed by atoms with Gasteiger partial charge in [0.25, 0.3) is 5.56 Å². The number of benzene rings is 1. The zero-order valence-electron chi connectivity index (χ0n) is 14.7. The molecule has 0 bridgehead atoms. The van der Waals surface area contributed by atoms with Gasteiger partial charge in [-0.25, -0.2) is 4.39 Å². The van der Waals surface area contributed by atoms with Gasteiger partial charge in [0.1, 0.15) is 11.6 Å². The van der Waals surface area contributed by atoms with Crippen molar-refractivity contribution in [2.45, 2.75) is 26.3 Å². The van der Waals surface area contributed by atoms with E-state index in [0.717, 1.165) is 12.8 Å². The van der Waals surface area contributed by atoms with Crippen LogP contribution in [0.4, 0.5) is 4.39 Å². The zero-order valence-corrected chi connectivity index (χ0v) is 14.7. The maximum Gasteiger partial charge on any atom is 0.260 e. The van der Waals surface area contributed by atoms with Crippen LogP contribution in [0, 0.1) is 5.82 Å². The summed E-state index contributed by atoms with van der Waals surface area (Å²) in [6, 6.07) is 4.79. The van der Waals surface area contributed by atoms with E-state index in [1.165, 1.54) is 13.3 Å². The molecule has 26 heavy (non-hydrogen) atoms. The number of unbranched alkanes of at least 4 members (excludes halogenated alkanes) is 1. The molecule has 0 saturated heterocycles. The molecule has 6 heteroatoms. The molecule has 3 aromatic rings. The van der Waals surface area contributed by atoms with Gasteiger partial charge in [0, 0.05) is 36.3 Å². The summed E-state index contributed by atoms with van der Waals surface area (Å²) in [6.45, 7) is 2.57. The van der Waals surface area contributed by atoms with Crippen molar-refractivity contribution in [2.75, 3.05) is 7.11 Å². The van der Waals surface area contributed by atoms with E-state index in [9.17, 15) is 9.59 Å². The fourth-order valence-electron chi connectivity index (χ4n) is 3.02. The Hall–Kier alpha value is -3.02. The summed E-state index contributed by atoms with van der Waals surface area (Å²) in [5.41, 5.74) is 0.490. The van der Waals surface area contributed by atoms with E-state index in [-0.39, 0.29) is 22.4 Å². The van der Waals surface area contributed by atoms with Gasteiger partial charge < -0.3 is 9.30 Å². The summed E-state index contributed by atoms with van der Waals surface area (Å²) in [7, 11) is 1.38. The van der Waals surface area contributed by atoms with E-state index in [2.05, 4.69) is 4.98 Å². The molecule has 0 aliphatic carbocycles. The number of pyridine rings is 2. The first kappa shape index (κ1) is 17.8. The number of carbonyl (C=O) groups excluding carboxylic acids is 1. The lowest BCUT2D eigenvalue weighted by Crippen LogP contribution is -2.20. The summed E-state index contributed by atoms with van der Waals surface area (Å²) in [4.78, 5) is 28.0. The zero-order chi connectivity index (χ0) is 18.7. The number of hydrogen-bond donors (Lipinski definition) is 0. The Morgan fingerprint density at radius 3 is 2.73 bits per heavy atom. The highest BCUT2D eigenvalue weighted by atomic mass is 19.1. The van der Waals surface area contributed by atoms with Crippen molar-refractivity contribution >= 4 is 17.1 Å². The van der Waals surface area contributed by atoms with Gasteiger partial charge in [-0.15, -0.1) is 0 Å². The van der Waals surface area contributed by atoms with Crippen LogP contribution >= 0.6 is 0 Å². The van der Waals surface area contributed by atoms with E-state index in [1.54, 1.807) is 35.2 Å². The Balaban J connectivity index is 2.33. The predicted octanol–water partition coefficient (Wildman–Crippen LogP) is 3.82. The number of fused-ring (bicyclic) bond motifs is 1. The molecule has 0 aliphatic heterocycles. The molecular formula is C20H19FN2O3. The minimum absolute atomic E-state index is 0.140. The predicted molar refractivity (Wildman–Crippen MR) is 98.2 cm³/mol. The van der Waals surface area contributed by atoms with Crippen LogP contribution in [0.25, 0.3) is 21.9 Å². The van der Waals surface area contributed by atoms with Crippen molar-refractivity contribution in [3.8, 4) is 16.9 Å². The highest BCUT2D eigenvalue weighted by Crippen LogP contribution is 2.33. The summed E-state index contributed by atoms with van der Waals surface area (Å²) < 4.78 is 21.6. The first-order chi connectivity index (χ1) is 12.6. The van der Waals surface area contributed by atoms with E-state index in [1.807, 2.05) is 6.92 Å². The molecule has 2 aromatic heterocycles. The summed E-state index contributed by atoms with van der Waals surface area (Å²) >= 11 is 0. The molecule has 0 radical (unpaired) electrons. The number of methoxy groups -OCH3 is 1. The summed E-state index contributed by atoms with van der Waals surface area (Å²) in [6.07, 6.45) is 6.90. The van der Waals surface area contributed by atoms with Crippen LogP contribution in [-0.2, 0) is 6.54 Å². The number of aromatic nitrogens is 2. The molecule has 0 saturated carbocycles. The quantitative estimate of drug-likeness (QED) is 0.631. The second-order valence-corrected chi connectivity index (χ2v) is 5.98. The highest BCUT2D eigenvalue weighted by molar-refractivity contribution is 5.96. The molecule has 1 aromatic carbocycles. The molecule has 3 rings (SSSR count). The van der Waals surface area contributed by atoms with Crippen LogP contribution < -0.4 is 10.3 Å². The van der Waals surface area contributed by atoms with Crippen LogP contribution in [0.1, 0.15) is 30.1 Å². The van der Waals surface area contributed by atoms with E-state index >= 15 is 4.39 Å². The number of aryl methyl sites for hydroxylation is 1. The number of nitrogens with zero attached hydrogens (tertiary/aromatic N) is 2. The van der Waals surface area contributed by atoms with Gasteiger partial charge in [0.15, 0.2) is 6.29 Å². The average molecular weight is 354 g/mol. The minimum atomic E-state index is -0.668. The third-order valence-corrected chi connectivity index (χ3v) is 4.41. The molecule has 0 fully saturated rings. The van der Waals surface area contributed by atoms with Gasteiger partial charge in [-0.05, 0) is 30.0 Å². The van der Waals surface area contributed by atoms with Crippen LogP contribution in [0.2, 0.25) is 0 Å². The Kier molecular flexibility index (Phi) is 5.11. The highest BCUT2D eigenvalue weighted by Gasteiger charge is 2.18. The molecule has 0 atom stereocenters. The van der Waals surface area contributed by atoms with Crippen molar-refractivity contribution in [1.29, 1.82) is 0 Å². The second-order valence-electron chi connectivity index (χ2n) is 5.98. The number of ether oxygens (including phenoxy) is 1. The van der Waals surface area contributed by atoms with Crippen molar-refractivity contribution < 1.29 is 13.9 Å². The lowest BCUT2D eigenvalue weighted by Gasteiger charge is -2.14. The summed E-state index contributed by atoms with van der Waals surface area (Å²) in [5, 5.41) is 1.02. The standard InChI is InChI=1S/C20H19FN2O3/c1-3-4-9-23-11-16(13-7-8-22-10-15(13)20(23)25)14-5-6-18(26-2)17(12-24)19(14)21/h5-8,10-12H,3-4,9H2,1-2H3. The molecule has 0 spiro atoms. The van der Waals surface area contributed by atoms with E-state index in [0.29, 0.717) is 29.2 Å². The molecule has 0 N–H and O–H groups in total. The Morgan fingerprint density at radius 1 is 1.23 bits per heavy atom. The average Bonchev–Trinajstić information content (AvgIpc) is 2.67. The third kappa shape index (κ3) is 2.98. The maximum atomic E-state index is 15.0. The molecule has 0 amide bonds. The van der Waals surface area contributed by atoms with E-state index < -0.39 is 5.82 Å². The first-order valence-electron chi connectivity index (χ1n) is 8.41. The fourth-order valence-corrected chi connectivity index (χ4v) is 3.02. The van der Waals surface area contributed by atoms with Gasteiger partial charge in [-0.3, -0.25) is 14.6 Å². The van der Waals surface area contributed by atoms with Gasteiger partial charge >= 0.3 is 0 Å². The molecule has 2 heterocycles. The fraction of sp³-hybridized carbons (Fsp3) is 0.250. The Labute approximate surface area is 150 Å². The number of hydrogen-bond acceptors (Lipinski definition) is 4. The third-order valence-electron chi connectivity index (χ3n) is 4.41. The SMILES string of the molecule is CCCCn1cc(-c2ccc(OC)c(C=O)c2F)c2ccncc2c1=O. The van der Waals surface area contributed by atoms with Gasteiger partial charge in [0.05, 0.1) is 18.1 Å². The number of carbonyl (C=O) groups is 1. The number of rotatable bonds is 6. The molecule has 134 valence electrons. The molecular weight excluding hydrogens is 335 g/mol. The van der Waals surface area contributed by atoms with Crippen LogP contribution in [0.5, 0.6) is 5.75 Å². The van der Waals surface area contributed by atoms with Crippen LogP contribution in [-0.4, -0.2) is 22.9 Å². The van der Waals surface area contributed by atoms with Gasteiger partial charge in [-0.2, -0.15) is 0 Å². The van der Waals surface area contributed by atoms with Crippen LogP contribution in [0.3, 0.4) is 0 Å². The largest absolute Gasteiger partial charge is 0.496 e. The van der Waals surface area contributed by atoms with E-state index in [4.69, 9.17) is 4.74 Å². The monoisotopic (exact) mass is 354 g/mol. The minimum Gasteiger partial charge on any atom is -0.496 e. The van der Waals surface area contributed by atoms with Crippen molar-refractivity contribution in [3.63, 3.8) is 0 Å². The second kappa shape index (κ2) is 7.47. The maximum absolute atomic E-state index is 15.0. The molecule has 0 aliphatic rings. The Bertz CT molecular complexity index is 1030. The van der Waals surface area contributed by atoms with Gasteiger partial charge in [0.2, 0.25) is 0 Å². The van der Waals surface area contributed by atoms with Gasteiger partial charge in [-0.1, -0.05) is 13.3 Å². The lowest BCUT2D eigenvalue weighted by atomic mass is 9.98. The van der Waals surface area contributed by atoms with Crippen LogP contribution in [0.15, 0.2) is 41.6 Å². The van der Waals surface area contributed by atoms with Crippen molar-refractivity contribution in [2.24, 2.45) is 0 Å². The topological polar surface area (TPSA) is 61.2 Å². The number of halogens is 1. The Morgan fingerprint density at radius 2 is 2.04 bits per heavy atom. The van der Waals surface area contributed by atoms with Crippen molar-refractivity contribution in [3.05, 3.63) is 58.5 Å². The molecule has 5 nitrogen and oxygen atoms in total. The van der Waals surface area contributed by atoms with Crippen molar-refractivity contribution in [1.82, 2.24) is 9.55 Å². The lowest BCUT2D eigenvalue weighted by molar-refractivity contribution is 0.111. The normalized spacial score (nSPS) is 10.9.